The molecule has 0 heterocycles. The summed E-state index contributed by atoms with van der Waals surface area (Å²) >= 11 is 0. The molecule has 0 saturated heterocycles. The second kappa shape index (κ2) is 4.25. The molecule has 3 nitrogen and oxygen atoms in total. The summed E-state index contributed by atoms with van der Waals surface area (Å²) in [5, 5.41) is 18.1. The summed E-state index contributed by atoms with van der Waals surface area (Å²) < 4.78 is 13.6. The Labute approximate surface area is 96.8 Å². The normalized spacial score (nSPS) is 10.2. The molecule has 17 heavy (non-hydrogen) atoms. The highest BCUT2D eigenvalue weighted by atomic mass is 19.1. The number of carboxylic acids is 1. The van der Waals surface area contributed by atoms with E-state index in [9.17, 15) is 14.3 Å². The highest BCUT2D eigenvalue weighted by molar-refractivity contribution is 5.89. The van der Waals surface area contributed by atoms with E-state index in [1.165, 1.54) is 24.3 Å². The molecule has 0 atom stereocenters. The van der Waals surface area contributed by atoms with Gasteiger partial charge in [-0.25, -0.2) is 9.18 Å². The van der Waals surface area contributed by atoms with Gasteiger partial charge in [0.2, 0.25) is 0 Å². The van der Waals surface area contributed by atoms with Crippen LogP contribution in [0, 0.1) is 5.82 Å². The zero-order valence-electron chi connectivity index (χ0n) is 8.72. The number of carbonyl (C=O) groups is 1. The Morgan fingerprint density at radius 2 is 1.88 bits per heavy atom. The third-order valence-corrected chi connectivity index (χ3v) is 2.37. The van der Waals surface area contributed by atoms with Crippen molar-refractivity contribution in [2.24, 2.45) is 0 Å². The van der Waals surface area contributed by atoms with Gasteiger partial charge in [0.1, 0.15) is 11.6 Å². The highest BCUT2D eigenvalue weighted by Crippen LogP contribution is 2.26. The van der Waals surface area contributed by atoms with E-state index in [1.54, 1.807) is 12.1 Å². The predicted octanol–water partition coefficient (Wildman–Crippen LogP) is 2.90. The van der Waals surface area contributed by atoms with Crippen LogP contribution >= 0.6 is 0 Å². The SMILES string of the molecule is O=C(O)c1ccc(F)c(-c2cccc(O)c2)c1. The predicted molar refractivity (Wildman–Crippen MR) is 60.5 cm³/mol. The minimum atomic E-state index is -1.12. The second-order valence-electron chi connectivity index (χ2n) is 3.55. The summed E-state index contributed by atoms with van der Waals surface area (Å²) in [6, 6.07) is 9.55. The lowest BCUT2D eigenvalue weighted by Gasteiger charge is -2.05. The van der Waals surface area contributed by atoms with Gasteiger partial charge >= 0.3 is 5.97 Å². The van der Waals surface area contributed by atoms with Crippen molar-refractivity contribution in [3.05, 3.63) is 53.8 Å². The molecule has 0 amide bonds. The molecule has 2 N–H and O–H groups in total. The molecule has 0 unspecified atom stereocenters. The average Bonchev–Trinajstić information content (AvgIpc) is 2.29. The van der Waals surface area contributed by atoms with Gasteiger partial charge in [-0.05, 0) is 35.9 Å². The average molecular weight is 232 g/mol. The van der Waals surface area contributed by atoms with Gasteiger partial charge in [-0.2, -0.15) is 0 Å². The van der Waals surface area contributed by atoms with E-state index >= 15 is 0 Å². The van der Waals surface area contributed by atoms with Gasteiger partial charge < -0.3 is 10.2 Å². The first-order chi connectivity index (χ1) is 8.08. The fourth-order valence-corrected chi connectivity index (χ4v) is 1.55. The molecule has 0 aliphatic rings. The Kier molecular flexibility index (Phi) is 2.78. The molecule has 0 spiro atoms. The molecule has 0 bridgehead atoms. The number of aromatic hydroxyl groups is 1. The summed E-state index contributed by atoms with van der Waals surface area (Å²) in [6.07, 6.45) is 0. The third kappa shape index (κ3) is 2.25. The lowest BCUT2D eigenvalue weighted by molar-refractivity contribution is 0.0697. The smallest absolute Gasteiger partial charge is 0.335 e. The van der Waals surface area contributed by atoms with E-state index < -0.39 is 11.8 Å². The molecule has 4 heteroatoms. The maximum absolute atomic E-state index is 13.6. The number of rotatable bonds is 2. The van der Waals surface area contributed by atoms with Gasteiger partial charge in [0.25, 0.3) is 0 Å². The maximum atomic E-state index is 13.6. The van der Waals surface area contributed by atoms with Crippen molar-refractivity contribution in [2.75, 3.05) is 0 Å². The molecule has 0 aliphatic carbocycles. The number of aromatic carboxylic acids is 1. The lowest BCUT2D eigenvalue weighted by Crippen LogP contribution is -1.97. The monoisotopic (exact) mass is 232 g/mol. The highest BCUT2D eigenvalue weighted by Gasteiger charge is 2.10. The number of phenolic OH excluding ortho intramolecular Hbond substituents is 1. The first-order valence-corrected chi connectivity index (χ1v) is 4.90. The quantitative estimate of drug-likeness (QED) is 0.836. The van der Waals surface area contributed by atoms with Crippen LogP contribution in [-0.4, -0.2) is 16.2 Å². The van der Waals surface area contributed by atoms with E-state index in [0.29, 0.717) is 5.56 Å². The fraction of sp³-hybridized carbons (Fsp3) is 0. The first kappa shape index (κ1) is 11.1. The Balaban J connectivity index is 2.58. The number of halogens is 1. The van der Waals surface area contributed by atoms with Crippen molar-refractivity contribution >= 4 is 5.97 Å². The van der Waals surface area contributed by atoms with Crippen LogP contribution in [0.1, 0.15) is 10.4 Å². The summed E-state index contributed by atoms with van der Waals surface area (Å²) in [5.41, 5.74) is 0.594. The van der Waals surface area contributed by atoms with E-state index in [4.69, 9.17) is 5.11 Å². The molecule has 0 aromatic heterocycles. The molecule has 0 aliphatic heterocycles. The largest absolute Gasteiger partial charge is 0.508 e. The van der Waals surface area contributed by atoms with Gasteiger partial charge in [0.05, 0.1) is 5.56 Å². The molecular weight excluding hydrogens is 223 g/mol. The molecule has 0 fully saturated rings. The minimum absolute atomic E-state index is 0.00243. The van der Waals surface area contributed by atoms with E-state index in [1.807, 2.05) is 0 Å². The van der Waals surface area contributed by atoms with Crippen LogP contribution < -0.4 is 0 Å². The number of hydrogen-bond donors (Lipinski definition) is 2. The maximum Gasteiger partial charge on any atom is 0.335 e. The van der Waals surface area contributed by atoms with Crippen LogP contribution in [0.15, 0.2) is 42.5 Å². The van der Waals surface area contributed by atoms with Crippen LogP contribution in [0.25, 0.3) is 11.1 Å². The summed E-state index contributed by atoms with van der Waals surface area (Å²) in [4.78, 5) is 10.8. The van der Waals surface area contributed by atoms with Gasteiger partial charge in [-0.15, -0.1) is 0 Å². The summed E-state index contributed by atoms with van der Waals surface area (Å²) in [6.45, 7) is 0. The first-order valence-electron chi connectivity index (χ1n) is 4.90. The topological polar surface area (TPSA) is 57.5 Å². The summed E-state index contributed by atoms with van der Waals surface area (Å²) in [5.74, 6) is -1.64. The van der Waals surface area contributed by atoms with Gasteiger partial charge in [0.15, 0.2) is 0 Å². The van der Waals surface area contributed by atoms with Crippen LogP contribution in [0.2, 0.25) is 0 Å². The Morgan fingerprint density at radius 3 is 2.53 bits per heavy atom. The van der Waals surface area contributed by atoms with E-state index in [-0.39, 0.29) is 16.9 Å². The Bertz CT molecular complexity index is 579. The van der Waals surface area contributed by atoms with Crippen molar-refractivity contribution < 1.29 is 19.4 Å². The Morgan fingerprint density at radius 1 is 1.12 bits per heavy atom. The third-order valence-electron chi connectivity index (χ3n) is 2.37. The van der Waals surface area contributed by atoms with E-state index in [2.05, 4.69) is 0 Å². The number of carboxylic acid groups (broad SMARTS) is 1. The molecule has 2 rings (SSSR count). The second-order valence-corrected chi connectivity index (χ2v) is 3.55. The van der Waals surface area contributed by atoms with Gasteiger partial charge in [-0.3, -0.25) is 0 Å². The zero-order valence-corrected chi connectivity index (χ0v) is 8.72. The number of benzene rings is 2. The minimum Gasteiger partial charge on any atom is -0.508 e. The zero-order chi connectivity index (χ0) is 12.4. The molecular formula is C13H9FO3. The standard InChI is InChI=1S/C13H9FO3/c14-12-5-4-9(13(16)17)7-11(12)8-2-1-3-10(15)6-8/h1-7,15H,(H,16,17). The Hall–Kier alpha value is -2.36. The number of hydrogen-bond acceptors (Lipinski definition) is 2. The van der Waals surface area contributed by atoms with Crippen LogP contribution in [-0.2, 0) is 0 Å². The van der Waals surface area contributed by atoms with Crippen molar-refractivity contribution in [2.45, 2.75) is 0 Å². The lowest BCUT2D eigenvalue weighted by atomic mass is 10.0. The molecule has 2 aromatic carbocycles. The molecule has 86 valence electrons. The fourth-order valence-electron chi connectivity index (χ4n) is 1.55. The van der Waals surface area contributed by atoms with Gasteiger partial charge in [0, 0.05) is 5.56 Å². The van der Waals surface area contributed by atoms with Crippen molar-refractivity contribution in [1.29, 1.82) is 0 Å². The summed E-state index contributed by atoms with van der Waals surface area (Å²) in [7, 11) is 0. The molecule has 0 radical (unpaired) electrons. The van der Waals surface area contributed by atoms with Crippen LogP contribution in [0.4, 0.5) is 4.39 Å². The van der Waals surface area contributed by atoms with E-state index in [0.717, 1.165) is 6.07 Å². The molecule has 2 aromatic rings. The van der Waals surface area contributed by atoms with Crippen molar-refractivity contribution in [3.8, 4) is 16.9 Å². The van der Waals surface area contributed by atoms with Crippen molar-refractivity contribution in [3.63, 3.8) is 0 Å². The number of phenols is 1. The van der Waals surface area contributed by atoms with Crippen LogP contribution in [0.5, 0.6) is 5.75 Å². The van der Waals surface area contributed by atoms with Crippen LogP contribution in [0.3, 0.4) is 0 Å². The van der Waals surface area contributed by atoms with Gasteiger partial charge in [-0.1, -0.05) is 12.1 Å². The van der Waals surface area contributed by atoms with Crippen molar-refractivity contribution in [1.82, 2.24) is 0 Å². The molecule has 0 saturated carbocycles.